The zero-order valence-electron chi connectivity index (χ0n) is 19.0. The molecule has 1 aromatic heterocycles. The smallest absolute Gasteiger partial charge is 0.328 e. The lowest BCUT2D eigenvalue weighted by molar-refractivity contribution is -0.158. The first kappa shape index (κ1) is 25.3. The number of ether oxygens (including phenoxy) is 3. The molecule has 1 heterocycles. The first-order chi connectivity index (χ1) is 14.9. The normalized spacial score (nSPS) is 14.1. The molecule has 3 atom stereocenters. The number of nitrogens with one attached hydrogen (secondary N) is 1. The zero-order chi connectivity index (χ0) is 24.1. The fourth-order valence-electron chi connectivity index (χ4n) is 3.10. The summed E-state index contributed by atoms with van der Waals surface area (Å²) in [6.45, 7) is 9.11. The van der Waals surface area contributed by atoms with Crippen molar-refractivity contribution in [2.24, 2.45) is 5.41 Å². The predicted molar refractivity (Wildman–Crippen MR) is 120 cm³/mol. The van der Waals surface area contributed by atoms with Gasteiger partial charge in [-0.25, -0.2) is 9.78 Å². The van der Waals surface area contributed by atoms with Gasteiger partial charge in [-0.05, 0) is 32.0 Å². The number of aromatic nitrogens is 1. The van der Waals surface area contributed by atoms with E-state index in [0.29, 0.717) is 10.8 Å². The largest absolute Gasteiger partial charge is 0.503 e. The minimum atomic E-state index is -0.996. The molecule has 0 spiro atoms. The van der Waals surface area contributed by atoms with Crippen LogP contribution in [0.15, 0.2) is 36.5 Å². The van der Waals surface area contributed by atoms with E-state index in [0.717, 1.165) is 0 Å². The molecular formula is C23H29ClN2O6. The highest BCUT2D eigenvalue weighted by Crippen LogP contribution is 2.30. The van der Waals surface area contributed by atoms with Crippen LogP contribution >= 0.6 is 11.6 Å². The minimum absolute atomic E-state index is 0.0974. The van der Waals surface area contributed by atoms with Gasteiger partial charge in [0, 0.05) is 22.7 Å². The minimum Gasteiger partial charge on any atom is -0.503 e. The highest BCUT2D eigenvalue weighted by molar-refractivity contribution is 6.30. The molecular weight excluding hydrogens is 436 g/mol. The van der Waals surface area contributed by atoms with Crippen molar-refractivity contribution >= 4 is 23.5 Å². The highest BCUT2D eigenvalue weighted by atomic mass is 35.5. The fraction of sp³-hybridized carbons (Fsp3) is 0.435. The third-order valence-electron chi connectivity index (χ3n) is 4.66. The molecule has 0 saturated heterocycles. The van der Waals surface area contributed by atoms with Gasteiger partial charge in [-0.3, -0.25) is 4.79 Å². The predicted octanol–water partition coefficient (Wildman–Crippen LogP) is 3.99. The molecule has 2 aromatic rings. The number of carbonyl (C=O) groups excluding carboxylic acids is 2. The molecule has 0 bridgehead atoms. The maximum atomic E-state index is 12.6. The molecule has 0 fully saturated rings. The van der Waals surface area contributed by atoms with Crippen LogP contribution in [-0.2, 0) is 9.53 Å². The van der Waals surface area contributed by atoms with Crippen molar-refractivity contribution in [2.45, 2.75) is 52.9 Å². The van der Waals surface area contributed by atoms with Crippen molar-refractivity contribution < 1.29 is 28.9 Å². The van der Waals surface area contributed by atoms with Gasteiger partial charge in [-0.2, -0.15) is 0 Å². The number of pyridine rings is 1. The highest BCUT2D eigenvalue weighted by Gasteiger charge is 2.35. The van der Waals surface area contributed by atoms with E-state index in [1.165, 1.54) is 26.3 Å². The van der Waals surface area contributed by atoms with Gasteiger partial charge in [0.25, 0.3) is 5.91 Å². The van der Waals surface area contributed by atoms with Crippen LogP contribution in [0.25, 0.3) is 0 Å². The number of nitrogens with zero attached hydrogens (tertiary/aromatic N) is 1. The van der Waals surface area contributed by atoms with Gasteiger partial charge in [-0.15, -0.1) is 0 Å². The average Bonchev–Trinajstić information content (AvgIpc) is 2.71. The second-order valence-corrected chi connectivity index (χ2v) is 8.85. The van der Waals surface area contributed by atoms with Crippen molar-refractivity contribution in [2.75, 3.05) is 7.11 Å². The van der Waals surface area contributed by atoms with Crippen LogP contribution in [-0.4, -0.2) is 47.3 Å². The number of methoxy groups -OCH3 is 1. The molecule has 0 saturated carbocycles. The topological polar surface area (TPSA) is 107 Å². The van der Waals surface area contributed by atoms with Crippen molar-refractivity contribution in [3.8, 4) is 17.2 Å². The number of halogens is 1. The first-order valence-corrected chi connectivity index (χ1v) is 10.5. The van der Waals surface area contributed by atoms with Crippen LogP contribution in [0, 0.1) is 5.41 Å². The van der Waals surface area contributed by atoms with Gasteiger partial charge in [0.1, 0.15) is 24.0 Å². The molecule has 2 rings (SSSR count). The Balaban J connectivity index is 2.07. The van der Waals surface area contributed by atoms with Crippen LogP contribution in [0.5, 0.6) is 17.2 Å². The summed E-state index contributed by atoms with van der Waals surface area (Å²) in [6.07, 6.45) is 0.195. The first-order valence-electron chi connectivity index (χ1n) is 10.1. The molecule has 8 nitrogen and oxygen atoms in total. The number of esters is 1. The summed E-state index contributed by atoms with van der Waals surface area (Å²) >= 11 is 6.04. The molecule has 9 heteroatoms. The van der Waals surface area contributed by atoms with Crippen molar-refractivity contribution in [1.29, 1.82) is 0 Å². The third kappa shape index (κ3) is 6.50. The lowest BCUT2D eigenvalue weighted by atomic mass is 9.86. The number of hydrogen-bond acceptors (Lipinski definition) is 7. The molecule has 0 aliphatic rings. The summed E-state index contributed by atoms with van der Waals surface area (Å²) in [5.41, 5.74) is -0.626. The Morgan fingerprint density at radius 3 is 2.47 bits per heavy atom. The number of benzene rings is 1. The Kier molecular flexibility index (Phi) is 8.32. The number of aromatic hydroxyl groups is 1. The maximum absolute atomic E-state index is 12.6. The molecule has 174 valence electrons. The Morgan fingerprint density at radius 2 is 1.88 bits per heavy atom. The van der Waals surface area contributed by atoms with E-state index in [-0.39, 0.29) is 16.9 Å². The van der Waals surface area contributed by atoms with E-state index in [1.807, 2.05) is 20.8 Å². The van der Waals surface area contributed by atoms with E-state index in [4.69, 9.17) is 25.8 Å². The average molecular weight is 465 g/mol. The Hall–Kier alpha value is -3.00. The summed E-state index contributed by atoms with van der Waals surface area (Å²) in [7, 11) is 1.36. The molecule has 0 radical (unpaired) electrons. The Labute approximate surface area is 192 Å². The van der Waals surface area contributed by atoms with Gasteiger partial charge >= 0.3 is 5.97 Å². The summed E-state index contributed by atoms with van der Waals surface area (Å²) in [6, 6.07) is 7.39. The lowest BCUT2D eigenvalue weighted by Gasteiger charge is -2.35. The molecule has 1 amide bonds. The number of carbonyl (C=O) groups is 2. The summed E-state index contributed by atoms with van der Waals surface area (Å²) < 4.78 is 16.7. The van der Waals surface area contributed by atoms with Gasteiger partial charge in [-0.1, -0.05) is 38.4 Å². The third-order valence-corrected chi connectivity index (χ3v) is 4.90. The van der Waals surface area contributed by atoms with Crippen LogP contribution in [0.2, 0.25) is 5.02 Å². The van der Waals surface area contributed by atoms with E-state index < -0.39 is 35.9 Å². The Bertz CT molecular complexity index is 960. The maximum Gasteiger partial charge on any atom is 0.328 e. The summed E-state index contributed by atoms with van der Waals surface area (Å²) in [5.74, 6) is -1.15. The number of rotatable bonds is 8. The van der Waals surface area contributed by atoms with Crippen molar-refractivity contribution in [1.82, 2.24) is 10.3 Å². The molecule has 2 N–H and O–H groups in total. The molecule has 32 heavy (non-hydrogen) atoms. The van der Waals surface area contributed by atoms with Gasteiger partial charge in [0.05, 0.1) is 7.11 Å². The van der Waals surface area contributed by atoms with E-state index in [9.17, 15) is 14.7 Å². The molecule has 1 aromatic carbocycles. The van der Waals surface area contributed by atoms with Gasteiger partial charge < -0.3 is 24.6 Å². The quantitative estimate of drug-likeness (QED) is 0.568. The van der Waals surface area contributed by atoms with Gasteiger partial charge in [0.15, 0.2) is 17.2 Å². The Morgan fingerprint density at radius 1 is 1.19 bits per heavy atom. The number of amides is 1. The van der Waals surface area contributed by atoms with E-state index in [1.54, 1.807) is 31.2 Å². The van der Waals surface area contributed by atoms with Crippen LogP contribution < -0.4 is 14.8 Å². The SMILES string of the molecule is COc1ccnc(C(=O)N[C@@H](C)C(=O)O[C@@H](C)[C@H](Oc2cccc(Cl)c2)C(C)(C)C)c1O. The van der Waals surface area contributed by atoms with Crippen molar-refractivity contribution in [3.05, 3.63) is 47.2 Å². The monoisotopic (exact) mass is 464 g/mol. The summed E-state index contributed by atoms with van der Waals surface area (Å²) in [5, 5.41) is 13.1. The standard InChI is InChI=1S/C23H29ClN2O6/c1-13(26-21(28)18-19(27)17(30-6)10-11-25-18)22(29)31-14(2)20(23(3,4)5)32-16-9-7-8-15(24)12-16/h7-14,20,27H,1-6H3,(H,26,28)/t13-,14-,20-/m0/s1. The number of hydrogen-bond donors (Lipinski definition) is 2. The van der Waals surface area contributed by atoms with E-state index in [2.05, 4.69) is 10.3 Å². The molecule has 0 unspecified atom stereocenters. The van der Waals surface area contributed by atoms with Crippen LogP contribution in [0.4, 0.5) is 0 Å². The zero-order valence-corrected chi connectivity index (χ0v) is 19.8. The van der Waals surface area contributed by atoms with Crippen molar-refractivity contribution in [3.63, 3.8) is 0 Å². The van der Waals surface area contributed by atoms with Crippen LogP contribution in [0.3, 0.4) is 0 Å². The van der Waals surface area contributed by atoms with Crippen LogP contribution in [0.1, 0.15) is 45.1 Å². The van der Waals surface area contributed by atoms with Gasteiger partial charge in [0.2, 0.25) is 0 Å². The lowest BCUT2D eigenvalue weighted by Crippen LogP contribution is -2.47. The molecule has 0 aliphatic carbocycles. The summed E-state index contributed by atoms with van der Waals surface area (Å²) in [4.78, 5) is 29.0. The molecule has 0 aliphatic heterocycles. The second-order valence-electron chi connectivity index (χ2n) is 8.41. The second kappa shape index (κ2) is 10.5. The van der Waals surface area contributed by atoms with E-state index >= 15 is 0 Å². The fourth-order valence-corrected chi connectivity index (χ4v) is 3.28.